The summed E-state index contributed by atoms with van der Waals surface area (Å²) in [5.41, 5.74) is 1.52. The number of aromatic nitrogens is 2. The fourth-order valence-corrected chi connectivity index (χ4v) is 2.47. The molecule has 0 fully saturated rings. The zero-order chi connectivity index (χ0) is 19.9. The lowest BCUT2D eigenvalue weighted by atomic mass is 10.1. The maximum absolute atomic E-state index is 12.1. The van der Waals surface area contributed by atoms with Gasteiger partial charge in [-0.25, -0.2) is 4.79 Å². The highest BCUT2D eigenvalue weighted by atomic mass is 16.6. The van der Waals surface area contributed by atoms with Gasteiger partial charge in [0.1, 0.15) is 11.5 Å². The van der Waals surface area contributed by atoms with Crippen molar-refractivity contribution < 1.29 is 23.4 Å². The van der Waals surface area contributed by atoms with Gasteiger partial charge in [-0.3, -0.25) is 0 Å². The molecule has 0 aliphatic heterocycles. The van der Waals surface area contributed by atoms with E-state index in [-0.39, 0.29) is 5.89 Å². The van der Waals surface area contributed by atoms with Gasteiger partial charge in [0.05, 0.1) is 14.2 Å². The summed E-state index contributed by atoms with van der Waals surface area (Å²) < 4.78 is 21.4. The fourth-order valence-electron chi connectivity index (χ4n) is 2.47. The minimum Gasteiger partial charge on any atom is -0.497 e. The van der Waals surface area contributed by atoms with Gasteiger partial charge in [-0.05, 0) is 37.3 Å². The highest BCUT2D eigenvalue weighted by Gasteiger charge is 2.18. The molecule has 0 saturated carbocycles. The molecule has 0 amide bonds. The molecule has 0 saturated heterocycles. The Bertz CT molecular complexity index is 966. The molecule has 1 aromatic heterocycles. The van der Waals surface area contributed by atoms with Gasteiger partial charge in [-0.15, -0.1) is 10.2 Å². The number of benzene rings is 2. The molecule has 0 unspecified atom stereocenters. The van der Waals surface area contributed by atoms with Gasteiger partial charge in [0.2, 0.25) is 5.89 Å². The molecule has 7 heteroatoms. The lowest BCUT2D eigenvalue weighted by molar-refractivity contribution is -0.143. The van der Waals surface area contributed by atoms with Crippen LogP contribution in [0.3, 0.4) is 0 Å². The third kappa shape index (κ3) is 4.56. The number of nitrogens with zero attached hydrogens (tertiary/aromatic N) is 2. The van der Waals surface area contributed by atoms with E-state index in [4.69, 9.17) is 18.6 Å². The summed E-state index contributed by atoms with van der Waals surface area (Å²) >= 11 is 0. The van der Waals surface area contributed by atoms with Gasteiger partial charge >= 0.3 is 5.97 Å². The van der Waals surface area contributed by atoms with Gasteiger partial charge in [0.25, 0.3) is 5.89 Å². The monoisotopic (exact) mass is 380 g/mol. The summed E-state index contributed by atoms with van der Waals surface area (Å²) in [6, 6.07) is 14.7. The number of carbonyl (C=O) groups excluding carboxylic acids is 1. The number of hydrogen-bond donors (Lipinski definition) is 0. The molecule has 3 aromatic rings. The van der Waals surface area contributed by atoms with E-state index < -0.39 is 12.1 Å². The first-order chi connectivity index (χ1) is 13.6. The molecule has 0 aliphatic carbocycles. The normalized spacial score (nSPS) is 12.0. The Morgan fingerprint density at radius 3 is 2.57 bits per heavy atom. The SMILES string of the molecule is COc1ccc(/C=C/C(=O)O[C@H](C)c2nnc(-c3ccccc3)o2)c(OC)c1. The Balaban J connectivity index is 1.65. The van der Waals surface area contributed by atoms with E-state index in [1.165, 1.54) is 6.08 Å². The Morgan fingerprint density at radius 1 is 1.07 bits per heavy atom. The van der Waals surface area contributed by atoms with E-state index in [1.807, 2.05) is 30.3 Å². The van der Waals surface area contributed by atoms with Crippen molar-refractivity contribution in [2.24, 2.45) is 0 Å². The number of ether oxygens (including phenoxy) is 3. The van der Waals surface area contributed by atoms with Crippen LogP contribution in [0.2, 0.25) is 0 Å². The van der Waals surface area contributed by atoms with Crippen molar-refractivity contribution in [3.63, 3.8) is 0 Å². The highest BCUT2D eigenvalue weighted by Crippen LogP contribution is 2.26. The lowest BCUT2D eigenvalue weighted by Crippen LogP contribution is -2.06. The van der Waals surface area contributed by atoms with E-state index in [0.717, 1.165) is 11.1 Å². The fraction of sp³-hybridized carbons (Fsp3) is 0.190. The van der Waals surface area contributed by atoms with E-state index in [0.29, 0.717) is 17.4 Å². The van der Waals surface area contributed by atoms with Gasteiger partial charge in [-0.2, -0.15) is 0 Å². The van der Waals surface area contributed by atoms with Crippen LogP contribution < -0.4 is 9.47 Å². The summed E-state index contributed by atoms with van der Waals surface area (Å²) in [4.78, 5) is 12.1. The van der Waals surface area contributed by atoms with Crippen molar-refractivity contribution in [3.8, 4) is 23.0 Å². The van der Waals surface area contributed by atoms with Gasteiger partial charge in [0, 0.05) is 23.3 Å². The number of esters is 1. The Kier molecular flexibility index (Phi) is 6.06. The predicted molar refractivity (Wildman–Crippen MR) is 103 cm³/mol. The van der Waals surface area contributed by atoms with Crippen LogP contribution in [0.15, 0.2) is 59.0 Å². The number of methoxy groups -OCH3 is 2. The average Bonchev–Trinajstić information content (AvgIpc) is 3.23. The zero-order valence-electron chi connectivity index (χ0n) is 15.8. The topological polar surface area (TPSA) is 83.7 Å². The van der Waals surface area contributed by atoms with Crippen LogP contribution in [-0.4, -0.2) is 30.4 Å². The number of carbonyl (C=O) groups is 1. The second kappa shape index (κ2) is 8.85. The molecule has 1 heterocycles. The van der Waals surface area contributed by atoms with Crippen molar-refractivity contribution in [2.45, 2.75) is 13.0 Å². The first kappa shape index (κ1) is 19.2. The molecule has 7 nitrogen and oxygen atoms in total. The molecule has 3 rings (SSSR count). The smallest absolute Gasteiger partial charge is 0.331 e. The maximum atomic E-state index is 12.1. The van der Waals surface area contributed by atoms with Crippen molar-refractivity contribution in [1.29, 1.82) is 0 Å². The average molecular weight is 380 g/mol. The third-order valence-electron chi connectivity index (χ3n) is 3.94. The van der Waals surface area contributed by atoms with Crippen molar-refractivity contribution in [2.75, 3.05) is 14.2 Å². The van der Waals surface area contributed by atoms with Crippen LogP contribution >= 0.6 is 0 Å². The summed E-state index contributed by atoms with van der Waals surface area (Å²) in [5, 5.41) is 7.95. The van der Waals surface area contributed by atoms with Crippen LogP contribution in [-0.2, 0) is 9.53 Å². The van der Waals surface area contributed by atoms with Crippen molar-refractivity contribution in [3.05, 3.63) is 66.1 Å². The Hall–Kier alpha value is -3.61. The first-order valence-electron chi connectivity index (χ1n) is 8.60. The molecule has 144 valence electrons. The summed E-state index contributed by atoms with van der Waals surface area (Å²) in [5.74, 6) is 1.31. The first-order valence-corrected chi connectivity index (χ1v) is 8.60. The Labute approximate surface area is 162 Å². The second-order valence-electron chi connectivity index (χ2n) is 5.83. The summed E-state index contributed by atoms with van der Waals surface area (Å²) in [7, 11) is 3.12. The maximum Gasteiger partial charge on any atom is 0.331 e. The summed E-state index contributed by atoms with van der Waals surface area (Å²) in [6.07, 6.45) is 2.24. The van der Waals surface area contributed by atoms with E-state index in [2.05, 4.69) is 10.2 Å². The van der Waals surface area contributed by atoms with Crippen molar-refractivity contribution in [1.82, 2.24) is 10.2 Å². The van der Waals surface area contributed by atoms with Crippen LogP contribution in [0.4, 0.5) is 0 Å². The minimum absolute atomic E-state index is 0.225. The van der Waals surface area contributed by atoms with Crippen LogP contribution in [0.5, 0.6) is 11.5 Å². The zero-order valence-corrected chi connectivity index (χ0v) is 15.8. The molecule has 2 aromatic carbocycles. The molecule has 0 spiro atoms. The largest absolute Gasteiger partial charge is 0.497 e. The Morgan fingerprint density at radius 2 is 1.86 bits per heavy atom. The number of rotatable bonds is 7. The van der Waals surface area contributed by atoms with Gasteiger partial charge in [-0.1, -0.05) is 18.2 Å². The molecule has 0 radical (unpaired) electrons. The van der Waals surface area contributed by atoms with Crippen LogP contribution in [0, 0.1) is 0 Å². The van der Waals surface area contributed by atoms with E-state index >= 15 is 0 Å². The van der Waals surface area contributed by atoms with E-state index in [1.54, 1.807) is 45.4 Å². The summed E-state index contributed by atoms with van der Waals surface area (Å²) in [6.45, 7) is 1.67. The highest BCUT2D eigenvalue weighted by molar-refractivity contribution is 5.87. The van der Waals surface area contributed by atoms with Gasteiger partial charge < -0.3 is 18.6 Å². The van der Waals surface area contributed by atoms with Gasteiger partial charge in [0.15, 0.2) is 6.10 Å². The lowest BCUT2D eigenvalue weighted by Gasteiger charge is -2.08. The molecular weight excluding hydrogens is 360 g/mol. The van der Waals surface area contributed by atoms with Crippen LogP contribution in [0.1, 0.15) is 24.5 Å². The molecule has 0 bridgehead atoms. The second-order valence-corrected chi connectivity index (χ2v) is 5.83. The third-order valence-corrected chi connectivity index (χ3v) is 3.94. The number of hydrogen-bond acceptors (Lipinski definition) is 7. The molecule has 0 N–H and O–H groups in total. The standard InChI is InChI=1S/C21H20N2O5/c1-14(20-22-23-21(28-20)16-7-5-4-6-8-16)27-19(24)12-10-15-9-11-17(25-2)13-18(15)26-3/h4-14H,1-3H3/b12-10+/t14-/m1/s1. The molecular formula is C21H20N2O5. The molecule has 1 atom stereocenters. The van der Waals surface area contributed by atoms with Crippen molar-refractivity contribution >= 4 is 12.0 Å². The quantitative estimate of drug-likeness (QED) is 0.451. The minimum atomic E-state index is -0.681. The van der Waals surface area contributed by atoms with E-state index in [9.17, 15) is 4.79 Å². The molecule has 0 aliphatic rings. The molecule has 28 heavy (non-hydrogen) atoms. The van der Waals surface area contributed by atoms with Crippen LogP contribution in [0.25, 0.3) is 17.5 Å². The predicted octanol–water partition coefficient (Wildman–Crippen LogP) is 4.07.